The van der Waals surface area contributed by atoms with Crippen LogP contribution in [0.15, 0.2) is 72.8 Å². The van der Waals surface area contributed by atoms with E-state index in [1.54, 1.807) is 25.1 Å². The molecule has 0 saturated carbocycles. The quantitative estimate of drug-likeness (QED) is 0.695. The number of ether oxygens (including phenoxy) is 2. The Morgan fingerprint density at radius 3 is 1.88 bits per heavy atom. The van der Waals surface area contributed by atoms with E-state index < -0.39 is 5.97 Å². The van der Waals surface area contributed by atoms with Crippen LogP contribution in [0.1, 0.15) is 15.9 Å². The molecule has 3 aromatic carbocycles. The Hall–Kier alpha value is -3.27. The Bertz CT molecular complexity index is 842. The largest absolute Gasteiger partial charge is 0.478 e. The van der Waals surface area contributed by atoms with Crippen LogP contribution in [0, 0.1) is 6.92 Å². The van der Waals surface area contributed by atoms with E-state index in [9.17, 15) is 9.90 Å². The lowest BCUT2D eigenvalue weighted by Gasteiger charge is -2.14. The lowest BCUT2D eigenvalue weighted by molar-refractivity contribution is 0.0695. The molecule has 1 N–H and O–H groups in total. The number of benzene rings is 3. The molecule has 0 fully saturated rings. The van der Waals surface area contributed by atoms with Crippen molar-refractivity contribution in [2.24, 2.45) is 0 Å². The maximum Gasteiger partial charge on any atom is 0.336 e. The van der Waals surface area contributed by atoms with Gasteiger partial charge < -0.3 is 14.6 Å². The summed E-state index contributed by atoms with van der Waals surface area (Å²) in [5.41, 5.74) is 0.695. The van der Waals surface area contributed by atoms with E-state index in [1.165, 1.54) is 6.07 Å². The van der Waals surface area contributed by atoms with Gasteiger partial charge in [0.05, 0.1) is 5.56 Å². The highest BCUT2D eigenvalue weighted by molar-refractivity contribution is 5.90. The van der Waals surface area contributed by atoms with Crippen molar-refractivity contribution in [2.45, 2.75) is 6.92 Å². The summed E-state index contributed by atoms with van der Waals surface area (Å²) in [5, 5.41) is 9.44. The monoisotopic (exact) mass is 320 g/mol. The smallest absolute Gasteiger partial charge is 0.336 e. The summed E-state index contributed by atoms with van der Waals surface area (Å²) in [4.78, 5) is 11.5. The summed E-state index contributed by atoms with van der Waals surface area (Å²) >= 11 is 0. The van der Waals surface area contributed by atoms with Gasteiger partial charge in [-0.1, -0.05) is 36.4 Å². The van der Waals surface area contributed by atoms with Crippen molar-refractivity contribution in [3.63, 3.8) is 0 Å². The van der Waals surface area contributed by atoms with Crippen LogP contribution in [0.25, 0.3) is 0 Å². The van der Waals surface area contributed by atoms with Gasteiger partial charge in [-0.15, -0.1) is 0 Å². The second-order valence-electron chi connectivity index (χ2n) is 5.23. The molecule has 0 aromatic heterocycles. The van der Waals surface area contributed by atoms with E-state index in [-0.39, 0.29) is 5.56 Å². The topological polar surface area (TPSA) is 55.8 Å². The molecule has 4 nitrogen and oxygen atoms in total. The van der Waals surface area contributed by atoms with Crippen molar-refractivity contribution >= 4 is 5.97 Å². The van der Waals surface area contributed by atoms with Gasteiger partial charge in [-0.05, 0) is 37.3 Å². The van der Waals surface area contributed by atoms with Gasteiger partial charge >= 0.3 is 5.97 Å². The van der Waals surface area contributed by atoms with Crippen molar-refractivity contribution in [1.29, 1.82) is 0 Å². The summed E-state index contributed by atoms with van der Waals surface area (Å²) in [6.45, 7) is 1.72. The zero-order chi connectivity index (χ0) is 16.9. The lowest BCUT2D eigenvalue weighted by Crippen LogP contribution is -2.02. The van der Waals surface area contributed by atoms with Crippen molar-refractivity contribution in [3.8, 4) is 23.0 Å². The highest BCUT2D eigenvalue weighted by atomic mass is 16.5. The van der Waals surface area contributed by atoms with Crippen molar-refractivity contribution < 1.29 is 19.4 Å². The molecule has 0 aliphatic rings. The highest BCUT2D eigenvalue weighted by Gasteiger charge is 2.15. The lowest BCUT2D eigenvalue weighted by atomic mass is 10.1. The second-order valence-corrected chi connectivity index (χ2v) is 5.23. The van der Waals surface area contributed by atoms with E-state index in [0.29, 0.717) is 28.6 Å². The van der Waals surface area contributed by atoms with Gasteiger partial charge in [0.1, 0.15) is 23.0 Å². The van der Waals surface area contributed by atoms with Crippen LogP contribution >= 0.6 is 0 Å². The Morgan fingerprint density at radius 2 is 1.33 bits per heavy atom. The fourth-order valence-electron chi connectivity index (χ4n) is 2.29. The average molecular weight is 320 g/mol. The van der Waals surface area contributed by atoms with Crippen LogP contribution in [-0.4, -0.2) is 11.1 Å². The Balaban J connectivity index is 1.99. The predicted octanol–water partition coefficient (Wildman–Crippen LogP) is 5.28. The van der Waals surface area contributed by atoms with Crippen molar-refractivity contribution in [3.05, 3.63) is 83.9 Å². The third kappa shape index (κ3) is 3.55. The first-order chi connectivity index (χ1) is 11.6. The molecule has 3 rings (SSSR count). The first-order valence-electron chi connectivity index (χ1n) is 7.47. The van der Waals surface area contributed by atoms with Gasteiger partial charge in [-0.2, -0.15) is 0 Å². The normalized spacial score (nSPS) is 10.2. The van der Waals surface area contributed by atoms with Gasteiger partial charge in [0.2, 0.25) is 0 Å². The molecule has 0 saturated heterocycles. The minimum absolute atomic E-state index is 0.148. The van der Waals surface area contributed by atoms with Gasteiger partial charge in [-0.3, -0.25) is 0 Å². The van der Waals surface area contributed by atoms with Gasteiger partial charge in [0.25, 0.3) is 0 Å². The first kappa shape index (κ1) is 15.6. The summed E-state index contributed by atoms with van der Waals surface area (Å²) in [6.07, 6.45) is 0. The average Bonchev–Trinajstić information content (AvgIpc) is 2.59. The molecule has 0 bridgehead atoms. The standard InChI is InChI=1S/C20H16O4/c1-14-18(20(21)22)12-17(23-15-8-4-2-5-9-15)13-19(14)24-16-10-6-3-7-11-16/h2-13H,1H3,(H,21,22). The Morgan fingerprint density at radius 1 is 0.792 bits per heavy atom. The number of hydrogen-bond donors (Lipinski definition) is 1. The molecule has 120 valence electrons. The molecule has 0 atom stereocenters. The SMILES string of the molecule is Cc1c(Oc2ccccc2)cc(Oc2ccccc2)cc1C(=O)O. The summed E-state index contributed by atoms with van der Waals surface area (Å²) < 4.78 is 11.6. The summed E-state index contributed by atoms with van der Waals surface area (Å²) in [6, 6.07) is 21.6. The van der Waals surface area contributed by atoms with Gasteiger partial charge in [-0.25, -0.2) is 4.79 Å². The van der Waals surface area contributed by atoms with E-state index in [2.05, 4.69) is 0 Å². The van der Waals surface area contributed by atoms with E-state index in [4.69, 9.17) is 9.47 Å². The minimum Gasteiger partial charge on any atom is -0.478 e. The molecular formula is C20H16O4. The van der Waals surface area contributed by atoms with Crippen LogP contribution in [0.3, 0.4) is 0 Å². The minimum atomic E-state index is -1.02. The fraction of sp³-hybridized carbons (Fsp3) is 0.0500. The molecule has 24 heavy (non-hydrogen) atoms. The molecule has 0 spiro atoms. The number of para-hydroxylation sites is 2. The predicted molar refractivity (Wildman–Crippen MR) is 91.2 cm³/mol. The van der Waals surface area contributed by atoms with Gasteiger partial charge in [0, 0.05) is 11.6 Å². The third-order valence-corrected chi connectivity index (χ3v) is 3.51. The maximum atomic E-state index is 11.5. The van der Waals surface area contributed by atoms with Crippen LogP contribution in [0.2, 0.25) is 0 Å². The van der Waals surface area contributed by atoms with Crippen molar-refractivity contribution in [1.82, 2.24) is 0 Å². The first-order valence-corrected chi connectivity index (χ1v) is 7.47. The van der Waals surface area contributed by atoms with Crippen LogP contribution in [0.4, 0.5) is 0 Å². The zero-order valence-corrected chi connectivity index (χ0v) is 13.1. The molecule has 0 unspecified atom stereocenters. The van der Waals surface area contributed by atoms with E-state index in [1.807, 2.05) is 48.5 Å². The van der Waals surface area contributed by atoms with Crippen molar-refractivity contribution in [2.75, 3.05) is 0 Å². The Kier molecular flexibility index (Phi) is 4.47. The second kappa shape index (κ2) is 6.87. The Labute approximate surface area is 139 Å². The number of aromatic carboxylic acids is 1. The van der Waals surface area contributed by atoms with E-state index >= 15 is 0 Å². The molecule has 0 aliphatic heterocycles. The van der Waals surface area contributed by atoms with E-state index in [0.717, 1.165) is 0 Å². The molecule has 0 heterocycles. The number of rotatable bonds is 5. The van der Waals surface area contributed by atoms with Crippen LogP contribution < -0.4 is 9.47 Å². The number of hydrogen-bond acceptors (Lipinski definition) is 3. The number of carbonyl (C=O) groups is 1. The summed E-state index contributed by atoms with van der Waals surface area (Å²) in [5.74, 6) is 1.10. The molecular weight excluding hydrogens is 304 g/mol. The maximum absolute atomic E-state index is 11.5. The molecule has 0 amide bonds. The number of carboxylic acids is 1. The zero-order valence-electron chi connectivity index (χ0n) is 13.1. The molecule has 3 aromatic rings. The van der Waals surface area contributed by atoms with Gasteiger partial charge in [0.15, 0.2) is 0 Å². The fourth-order valence-corrected chi connectivity index (χ4v) is 2.29. The molecule has 0 radical (unpaired) electrons. The highest BCUT2D eigenvalue weighted by Crippen LogP contribution is 2.34. The number of carboxylic acid groups (broad SMARTS) is 1. The molecule has 0 aliphatic carbocycles. The van der Waals surface area contributed by atoms with Crippen LogP contribution in [0.5, 0.6) is 23.0 Å². The molecule has 4 heteroatoms. The third-order valence-electron chi connectivity index (χ3n) is 3.51. The summed E-state index contributed by atoms with van der Waals surface area (Å²) in [7, 11) is 0. The van der Waals surface area contributed by atoms with Crippen LogP contribution in [-0.2, 0) is 0 Å².